The first-order chi connectivity index (χ1) is 15.1. The number of aromatic nitrogens is 3. The van der Waals surface area contributed by atoms with Gasteiger partial charge in [-0.05, 0) is 44.7 Å². The Hall–Kier alpha value is -3.23. The highest BCUT2D eigenvalue weighted by Crippen LogP contribution is 2.46. The number of hydrogen-bond donors (Lipinski definition) is 1. The molecule has 9 heteroatoms. The summed E-state index contributed by atoms with van der Waals surface area (Å²) in [5, 5.41) is 7.54. The topological polar surface area (TPSA) is 96.7 Å². The van der Waals surface area contributed by atoms with Crippen molar-refractivity contribution in [2.45, 2.75) is 51.2 Å². The minimum absolute atomic E-state index is 0.0633. The number of benzene rings is 1. The Morgan fingerprint density at radius 1 is 1.06 bits per heavy atom. The highest BCUT2D eigenvalue weighted by atomic mass is 16.5. The number of nitrogens with one attached hydrogen (secondary N) is 1. The lowest BCUT2D eigenvalue weighted by Crippen LogP contribution is -2.32. The first-order valence-electron chi connectivity index (χ1n) is 10.5. The molecule has 1 N–H and O–H groups in total. The summed E-state index contributed by atoms with van der Waals surface area (Å²) in [6, 6.07) is 3.04. The van der Waals surface area contributed by atoms with Crippen LogP contribution in [0, 0.1) is 0 Å². The number of fused-ring (bicyclic) bond motifs is 1. The number of allylic oxidation sites excluding steroid dienone is 1. The fourth-order valence-corrected chi connectivity index (χ4v) is 4.38. The van der Waals surface area contributed by atoms with Crippen LogP contribution in [0.25, 0.3) is 0 Å². The van der Waals surface area contributed by atoms with E-state index in [-0.39, 0.29) is 12.1 Å². The molecule has 2 heterocycles. The smallest absolute Gasteiger partial charge is 0.338 e. The summed E-state index contributed by atoms with van der Waals surface area (Å²) in [6.07, 6.45) is 6.51. The molecular formula is C22H28N4O5. The normalized spacial score (nSPS) is 18.8. The maximum absolute atomic E-state index is 13.4. The van der Waals surface area contributed by atoms with Crippen molar-refractivity contribution in [1.29, 1.82) is 0 Å². The van der Waals surface area contributed by atoms with Crippen molar-refractivity contribution in [3.05, 3.63) is 35.3 Å². The van der Waals surface area contributed by atoms with E-state index in [1.807, 2.05) is 13.0 Å². The minimum Gasteiger partial charge on any atom is -0.493 e. The van der Waals surface area contributed by atoms with Gasteiger partial charge in [0.15, 0.2) is 11.5 Å². The van der Waals surface area contributed by atoms with E-state index in [1.165, 1.54) is 12.7 Å². The third-order valence-corrected chi connectivity index (χ3v) is 5.87. The SMILES string of the molecule is COc1ccc(C2C(C(=O)OC3CCCCC3)=C(C)Nc3ncnn32)c(OC)c1OC. The molecule has 4 rings (SSSR count). The summed E-state index contributed by atoms with van der Waals surface area (Å²) in [5.74, 6) is 1.61. The second-order valence-corrected chi connectivity index (χ2v) is 7.68. The molecule has 0 amide bonds. The molecular weight excluding hydrogens is 400 g/mol. The van der Waals surface area contributed by atoms with Gasteiger partial charge < -0.3 is 24.3 Å². The molecule has 1 aliphatic heterocycles. The molecule has 1 saturated carbocycles. The lowest BCUT2D eigenvalue weighted by Gasteiger charge is -2.31. The quantitative estimate of drug-likeness (QED) is 0.699. The van der Waals surface area contributed by atoms with Crippen molar-refractivity contribution in [2.75, 3.05) is 26.6 Å². The fraction of sp³-hybridized carbons (Fsp3) is 0.500. The Bertz CT molecular complexity index is 994. The van der Waals surface area contributed by atoms with E-state index in [0.29, 0.717) is 40.0 Å². The van der Waals surface area contributed by atoms with Crippen LogP contribution in [0.2, 0.25) is 0 Å². The van der Waals surface area contributed by atoms with Crippen molar-refractivity contribution >= 4 is 11.9 Å². The summed E-state index contributed by atoms with van der Waals surface area (Å²) in [4.78, 5) is 17.7. The Morgan fingerprint density at radius 3 is 2.48 bits per heavy atom. The molecule has 31 heavy (non-hydrogen) atoms. The molecule has 1 unspecified atom stereocenters. The van der Waals surface area contributed by atoms with Gasteiger partial charge in [-0.3, -0.25) is 0 Å². The van der Waals surface area contributed by atoms with Gasteiger partial charge in [-0.1, -0.05) is 6.42 Å². The van der Waals surface area contributed by atoms with Crippen molar-refractivity contribution in [3.8, 4) is 17.2 Å². The summed E-state index contributed by atoms with van der Waals surface area (Å²) < 4.78 is 24.3. The summed E-state index contributed by atoms with van der Waals surface area (Å²) in [7, 11) is 4.67. The Morgan fingerprint density at radius 2 is 1.81 bits per heavy atom. The number of methoxy groups -OCH3 is 3. The minimum atomic E-state index is -0.593. The third-order valence-electron chi connectivity index (χ3n) is 5.87. The Balaban J connectivity index is 1.81. The molecule has 0 spiro atoms. The summed E-state index contributed by atoms with van der Waals surface area (Å²) >= 11 is 0. The number of ether oxygens (including phenoxy) is 4. The van der Waals surface area contributed by atoms with E-state index in [2.05, 4.69) is 15.4 Å². The predicted molar refractivity (Wildman–Crippen MR) is 114 cm³/mol. The number of anilines is 1. The average molecular weight is 428 g/mol. The van der Waals surface area contributed by atoms with Gasteiger partial charge in [0.1, 0.15) is 18.5 Å². The van der Waals surface area contributed by atoms with E-state index in [9.17, 15) is 4.79 Å². The molecule has 1 atom stereocenters. The van der Waals surface area contributed by atoms with Crippen LogP contribution in [0.1, 0.15) is 50.6 Å². The monoisotopic (exact) mass is 428 g/mol. The van der Waals surface area contributed by atoms with Crippen LogP contribution in [0.5, 0.6) is 17.2 Å². The van der Waals surface area contributed by atoms with E-state index in [1.54, 1.807) is 32.1 Å². The number of esters is 1. The first-order valence-corrected chi connectivity index (χ1v) is 10.5. The standard InChI is InChI=1S/C22H28N4O5/c1-13-17(21(27)31-14-8-6-5-7-9-14)18(26-22(25-13)23-12-24-26)15-10-11-16(28-2)20(30-4)19(15)29-3/h10-12,14,18H,5-9H2,1-4H3,(H,23,24,25). The second-order valence-electron chi connectivity index (χ2n) is 7.68. The zero-order chi connectivity index (χ0) is 22.0. The van der Waals surface area contributed by atoms with Crippen LogP contribution in [-0.2, 0) is 9.53 Å². The second kappa shape index (κ2) is 8.87. The summed E-state index contributed by atoms with van der Waals surface area (Å²) in [6.45, 7) is 1.84. The predicted octanol–water partition coefficient (Wildman–Crippen LogP) is 3.47. The molecule has 0 radical (unpaired) electrons. The molecule has 2 aliphatic rings. The lowest BCUT2D eigenvalue weighted by atomic mass is 9.93. The molecule has 0 bridgehead atoms. The van der Waals surface area contributed by atoms with Crippen LogP contribution in [0.3, 0.4) is 0 Å². The summed E-state index contributed by atoms with van der Waals surface area (Å²) in [5.41, 5.74) is 1.83. The maximum atomic E-state index is 13.4. The Kier molecular flexibility index (Phi) is 6.01. The van der Waals surface area contributed by atoms with Gasteiger partial charge in [0.2, 0.25) is 11.7 Å². The van der Waals surface area contributed by atoms with E-state index < -0.39 is 6.04 Å². The average Bonchev–Trinajstić information content (AvgIpc) is 3.25. The van der Waals surface area contributed by atoms with Crippen molar-refractivity contribution in [3.63, 3.8) is 0 Å². The third kappa shape index (κ3) is 3.80. The van der Waals surface area contributed by atoms with E-state index in [4.69, 9.17) is 18.9 Å². The van der Waals surface area contributed by atoms with Crippen molar-refractivity contribution in [2.24, 2.45) is 0 Å². The van der Waals surface area contributed by atoms with Crippen LogP contribution >= 0.6 is 0 Å². The maximum Gasteiger partial charge on any atom is 0.338 e. The molecule has 9 nitrogen and oxygen atoms in total. The highest BCUT2D eigenvalue weighted by Gasteiger charge is 2.38. The largest absolute Gasteiger partial charge is 0.493 e. The van der Waals surface area contributed by atoms with E-state index in [0.717, 1.165) is 25.7 Å². The van der Waals surface area contributed by atoms with Gasteiger partial charge in [-0.25, -0.2) is 9.48 Å². The zero-order valence-corrected chi connectivity index (χ0v) is 18.3. The number of nitrogens with zero attached hydrogens (tertiary/aromatic N) is 3. The van der Waals surface area contributed by atoms with Gasteiger partial charge in [-0.15, -0.1) is 0 Å². The highest BCUT2D eigenvalue weighted by molar-refractivity contribution is 5.93. The van der Waals surface area contributed by atoms with Crippen LogP contribution < -0.4 is 19.5 Å². The van der Waals surface area contributed by atoms with Crippen molar-refractivity contribution in [1.82, 2.24) is 14.8 Å². The number of carbonyl (C=O) groups is 1. The fourth-order valence-electron chi connectivity index (χ4n) is 4.38. The molecule has 0 saturated heterocycles. The van der Waals surface area contributed by atoms with E-state index >= 15 is 0 Å². The molecule has 2 aromatic rings. The first kappa shape index (κ1) is 21.0. The van der Waals surface area contributed by atoms with Crippen LogP contribution in [0.4, 0.5) is 5.95 Å². The molecule has 1 fully saturated rings. The van der Waals surface area contributed by atoms with Crippen LogP contribution in [0.15, 0.2) is 29.7 Å². The van der Waals surface area contributed by atoms with Gasteiger partial charge in [0.05, 0.1) is 26.9 Å². The number of hydrogen-bond acceptors (Lipinski definition) is 8. The number of rotatable bonds is 6. The molecule has 1 aromatic heterocycles. The van der Waals surface area contributed by atoms with Crippen LogP contribution in [-0.4, -0.2) is 48.2 Å². The molecule has 166 valence electrons. The van der Waals surface area contributed by atoms with Gasteiger partial charge in [0.25, 0.3) is 0 Å². The van der Waals surface area contributed by atoms with Gasteiger partial charge in [0, 0.05) is 11.3 Å². The Labute approximate surface area is 181 Å². The van der Waals surface area contributed by atoms with Gasteiger partial charge in [-0.2, -0.15) is 10.1 Å². The molecule has 1 aromatic carbocycles. The van der Waals surface area contributed by atoms with Crippen molar-refractivity contribution < 1.29 is 23.7 Å². The number of carbonyl (C=O) groups excluding carboxylic acids is 1. The zero-order valence-electron chi connectivity index (χ0n) is 18.3. The van der Waals surface area contributed by atoms with Gasteiger partial charge >= 0.3 is 5.97 Å². The lowest BCUT2D eigenvalue weighted by molar-refractivity contribution is -0.146. The molecule has 1 aliphatic carbocycles.